The third-order valence-corrected chi connectivity index (χ3v) is 5.62. The zero-order chi connectivity index (χ0) is 25.9. The molecule has 12 heteroatoms. The van der Waals surface area contributed by atoms with Crippen LogP contribution in [0.1, 0.15) is 49.5 Å². The molecule has 0 heterocycles. The van der Waals surface area contributed by atoms with Crippen LogP contribution in [0.3, 0.4) is 0 Å². The minimum atomic E-state index is -1.25. The van der Waals surface area contributed by atoms with Gasteiger partial charge in [-0.05, 0) is 29.5 Å². The van der Waals surface area contributed by atoms with Gasteiger partial charge in [-0.2, -0.15) is 0 Å². The second kappa shape index (κ2) is 13.6. The van der Waals surface area contributed by atoms with E-state index in [9.17, 15) is 24.0 Å². The van der Waals surface area contributed by atoms with Crippen molar-refractivity contribution in [2.45, 2.75) is 51.1 Å². The van der Waals surface area contributed by atoms with Crippen LogP contribution < -0.4 is 21.7 Å². The van der Waals surface area contributed by atoms with Crippen molar-refractivity contribution in [1.29, 1.82) is 0 Å². The summed E-state index contributed by atoms with van der Waals surface area (Å²) in [6, 6.07) is 4.93. The molecule has 0 aliphatic rings. The molecule has 0 radical (unpaired) electrons. The minimum Gasteiger partial charge on any atom is -0.480 e. The highest BCUT2D eigenvalue weighted by atomic mass is 32.2. The smallest absolute Gasteiger partial charge is 0.322 e. The molecule has 0 aromatic heterocycles. The third-order valence-electron chi connectivity index (χ3n) is 4.70. The minimum absolute atomic E-state index is 0.0375. The number of amides is 3. The largest absolute Gasteiger partial charge is 0.480 e. The molecule has 3 amide bonds. The zero-order valence-corrected chi connectivity index (χ0v) is 20.2. The first-order valence-electron chi connectivity index (χ1n) is 10.5. The fourth-order valence-corrected chi connectivity index (χ4v) is 3.48. The average molecular weight is 497 g/mol. The van der Waals surface area contributed by atoms with Gasteiger partial charge in [-0.1, -0.05) is 32.9 Å². The molecule has 0 bridgehead atoms. The van der Waals surface area contributed by atoms with Crippen LogP contribution >= 0.6 is 11.8 Å². The van der Waals surface area contributed by atoms with Gasteiger partial charge >= 0.3 is 11.9 Å². The maximum atomic E-state index is 12.3. The molecule has 7 N–H and O–H groups in total. The van der Waals surface area contributed by atoms with Crippen LogP contribution in [0.25, 0.3) is 0 Å². The molecule has 0 saturated carbocycles. The van der Waals surface area contributed by atoms with E-state index in [0.29, 0.717) is 5.56 Å². The van der Waals surface area contributed by atoms with Crippen molar-refractivity contribution in [1.82, 2.24) is 16.0 Å². The molecular weight excluding hydrogens is 464 g/mol. The Labute approximate surface area is 202 Å². The van der Waals surface area contributed by atoms with E-state index in [1.165, 1.54) is 0 Å². The maximum absolute atomic E-state index is 12.3. The van der Waals surface area contributed by atoms with Crippen molar-refractivity contribution >= 4 is 41.4 Å². The zero-order valence-electron chi connectivity index (χ0n) is 19.4. The first-order valence-corrected chi connectivity index (χ1v) is 11.7. The molecule has 0 aliphatic heterocycles. The fourth-order valence-electron chi connectivity index (χ4n) is 2.66. The van der Waals surface area contributed by atoms with Crippen molar-refractivity contribution in [3.63, 3.8) is 0 Å². The summed E-state index contributed by atoms with van der Waals surface area (Å²) in [5.74, 6) is -3.92. The molecule has 34 heavy (non-hydrogen) atoms. The normalized spacial score (nSPS) is 12.8. The second-order valence-electron chi connectivity index (χ2n) is 8.56. The number of thioether (sulfide) groups is 1. The molecule has 2 atom stereocenters. The van der Waals surface area contributed by atoms with Gasteiger partial charge in [0.2, 0.25) is 11.8 Å². The monoisotopic (exact) mass is 496 g/mol. The van der Waals surface area contributed by atoms with Crippen molar-refractivity contribution < 1.29 is 34.2 Å². The molecule has 0 fully saturated rings. The topological polar surface area (TPSA) is 188 Å². The summed E-state index contributed by atoms with van der Waals surface area (Å²) >= 11 is 1.15. The maximum Gasteiger partial charge on any atom is 0.322 e. The quantitative estimate of drug-likeness (QED) is 0.165. The molecule has 0 spiro atoms. The Kier molecular flexibility index (Phi) is 11.5. The number of carboxylic acid groups (broad SMARTS) is 2. The summed E-state index contributed by atoms with van der Waals surface area (Å²) in [7, 11) is 0. The average Bonchev–Trinajstić information content (AvgIpc) is 2.76. The Morgan fingerprint density at radius 1 is 1.03 bits per heavy atom. The molecule has 11 nitrogen and oxygen atoms in total. The van der Waals surface area contributed by atoms with E-state index < -0.39 is 42.4 Å². The number of carboxylic acids is 2. The first-order chi connectivity index (χ1) is 15.8. The van der Waals surface area contributed by atoms with Crippen molar-refractivity contribution in [3.8, 4) is 0 Å². The van der Waals surface area contributed by atoms with Crippen LogP contribution in [-0.2, 0) is 24.6 Å². The van der Waals surface area contributed by atoms with Gasteiger partial charge in [0, 0.05) is 17.7 Å². The number of nitrogens with one attached hydrogen (secondary N) is 3. The number of nitrogens with two attached hydrogens (primary N) is 1. The summed E-state index contributed by atoms with van der Waals surface area (Å²) in [6.45, 7) is 5.59. The van der Waals surface area contributed by atoms with E-state index in [-0.39, 0.29) is 35.8 Å². The lowest BCUT2D eigenvalue weighted by molar-refractivity contribution is -0.139. The van der Waals surface area contributed by atoms with Gasteiger partial charge in [-0.3, -0.25) is 24.0 Å². The van der Waals surface area contributed by atoms with Crippen LogP contribution in [0.5, 0.6) is 0 Å². The number of benzene rings is 1. The summed E-state index contributed by atoms with van der Waals surface area (Å²) < 4.78 is 0. The Morgan fingerprint density at radius 3 is 2.18 bits per heavy atom. The van der Waals surface area contributed by atoms with Crippen LogP contribution in [0.15, 0.2) is 24.3 Å². The lowest BCUT2D eigenvalue weighted by Crippen LogP contribution is -2.49. The first kappa shape index (κ1) is 28.9. The summed E-state index contributed by atoms with van der Waals surface area (Å²) in [4.78, 5) is 58.2. The highest BCUT2D eigenvalue weighted by Gasteiger charge is 2.22. The summed E-state index contributed by atoms with van der Waals surface area (Å²) in [6.07, 6.45) is -0.343. The molecule has 0 aliphatic carbocycles. The number of rotatable bonds is 13. The number of hydrogen-bond acceptors (Lipinski definition) is 7. The Morgan fingerprint density at radius 2 is 1.65 bits per heavy atom. The van der Waals surface area contributed by atoms with E-state index in [1.54, 1.807) is 12.1 Å². The number of aliphatic carboxylic acids is 2. The number of carbonyl (C=O) groups excluding carboxylic acids is 3. The third kappa shape index (κ3) is 10.7. The lowest BCUT2D eigenvalue weighted by Gasteiger charge is -2.19. The van der Waals surface area contributed by atoms with Crippen LogP contribution in [-0.4, -0.2) is 70.1 Å². The van der Waals surface area contributed by atoms with Crippen molar-refractivity contribution in [3.05, 3.63) is 35.4 Å². The van der Waals surface area contributed by atoms with Gasteiger partial charge < -0.3 is 31.9 Å². The summed E-state index contributed by atoms with van der Waals surface area (Å²) in [5, 5.41) is 24.9. The SMILES string of the molecule is CC(C)(C)c1ccc(C(=O)NCSC[C@@H](NC(=O)CC[C@H](N)C(=O)O)C(=O)NCC(=O)O)cc1. The molecule has 1 aromatic rings. The van der Waals surface area contributed by atoms with E-state index >= 15 is 0 Å². The van der Waals surface area contributed by atoms with Gasteiger partial charge in [0.1, 0.15) is 18.6 Å². The Balaban J connectivity index is 2.61. The van der Waals surface area contributed by atoms with E-state index in [2.05, 4.69) is 36.7 Å². The highest BCUT2D eigenvalue weighted by Crippen LogP contribution is 2.22. The molecular formula is C22H32N4O7S. The van der Waals surface area contributed by atoms with Gasteiger partial charge in [0.15, 0.2) is 0 Å². The number of carbonyl (C=O) groups is 5. The van der Waals surface area contributed by atoms with Crippen molar-refractivity contribution in [2.75, 3.05) is 18.2 Å². The van der Waals surface area contributed by atoms with Crippen LogP contribution in [0.4, 0.5) is 0 Å². The van der Waals surface area contributed by atoms with Gasteiger partial charge in [0.25, 0.3) is 5.91 Å². The number of hydrogen-bond donors (Lipinski definition) is 6. The van der Waals surface area contributed by atoms with Gasteiger partial charge in [0.05, 0.1) is 5.88 Å². The molecule has 1 aromatic carbocycles. The molecule has 0 saturated heterocycles. The van der Waals surface area contributed by atoms with Crippen molar-refractivity contribution in [2.24, 2.45) is 5.73 Å². The molecule has 1 rings (SSSR count). The molecule has 188 valence electrons. The lowest BCUT2D eigenvalue weighted by atomic mass is 9.87. The van der Waals surface area contributed by atoms with E-state index in [4.69, 9.17) is 15.9 Å². The van der Waals surface area contributed by atoms with Gasteiger partial charge in [-0.25, -0.2) is 0 Å². The Bertz CT molecular complexity index is 884. The highest BCUT2D eigenvalue weighted by molar-refractivity contribution is 7.99. The predicted octanol–water partition coefficient (Wildman–Crippen LogP) is 0.282. The fraction of sp³-hybridized carbons (Fsp3) is 0.500. The second-order valence-corrected chi connectivity index (χ2v) is 9.59. The molecule has 0 unspecified atom stereocenters. The van der Waals surface area contributed by atoms with E-state index in [0.717, 1.165) is 17.3 Å². The standard InChI is InChI=1S/C22H32N4O7S/c1-22(2,3)14-6-4-13(5-7-14)19(30)25-12-34-11-16(20(31)24-10-18(28)29)26-17(27)9-8-15(23)21(32)33/h4-7,15-16H,8-12,23H2,1-3H3,(H,24,31)(H,25,30)(H,26,27)(H,28,29)(H,32,33)/t15-,16+/m0/s1. The summed E-state index contributed by atoms with van der Waals surface area (Å²) in [5.41, 5.74) is 6.90. The predicted molar refractivity (Wildman–Crippen MR) is 127 cm³/mol. The Hall–Kier alpha value is -3.12. The van der Waals surface area contributed by atoms with Gasteiger partial charge in [-0.15, -0.1) is 11.8 Å². The van der Waals surface area contributed by atoms with Crippen LogP contribution in [0.2, 0.25) is 0 Å². The van der Waals surface area contributed by atoms with Crippen LogP contribution in [0, 0.1) is 0 Å². The van der Waals surface area contributed by atoms with E-state index in [1.807, 2.05) is 12.1 Å².